The first kappa shape index (κ1) is 23.7. The van der Waals surface area contributed by atoms with E-state index in [0.717, 1.165) is 39.3 Å². The fourth-order valence-electron chi connectivity index (χ4n) is 5.08. The van der Waals surface area contributed by atoms with Crippen LogP contribution in [0.5, 0.6) is 11.5 Å². The average Bonchev–Trinajstić information content (AvgIpc) is 2.92. The second kappa shape index (κ2) is 9.65. The Morgan fingerprint density at radius 2 is 1.22 bits per heavy atom. The van der Waals surface area contributed by atoms with Gasteiger partial charge in [-0.3, -0.25) is 0 Å². The van der Waals surface area contributed by atoms with Gasteiger partial charge in [-0.15, -0.1) is 0 Å². The minimum atomic E-state index is -1.46. The van der Waals surface area contributed by atoms with Crippen molar-refractivity contribution in [1.29, 1.82) is 0 Å². The van der Waals surface area contributed by atoms with Crippen LogP contribution in [-0.2, 0) is 0 Å². The molecule has 0 bridgehead atoms. The largest absolute Gasteiger partial charge is 0.488 e. The third kappa shape index (κ3) is 4.38. The maximum absolute atomic E-state index is 9.50. The van der Waals surface area contributed by atoms with E-state index in [0.29, 0.717) is 5.46 Å². The highest BCUT2D eigenvalue weighted by molar-refractivity contribution is 7.80. The monoisotopic (exact) mass is 500 g/mol. The van der Waals surface area contributed by atoms with E-state index in [1.54, 1.807) is 6.07 Å². The molecule has 2 N–H and O–H groups in total. The van der Waals surface area contributed by atoms with Crippen molar-refractivity contribution in [3.8, 4) is 33.8 Å². The lowest BCUT2D eigenvalue weighted by Crippen LogP contribution is -2.29. The summed E-state index contributed by atoms with van der Waals surface area (Å²) in [6.07, 6.45) is 0. The summed E-state index contributed by atoms with van der Waals surface area (Å²) >= 11 is 0. The molecule has 1 aliphatic heterocycles. The Labute approximate surface area is 218 Å². The molecule has 37 heavy (non-hydrogen) atoms. The maximum atomic E-state index is 9.50. The standard InChI is InChI=1S/C32H26BO3P/c1-21-18-23(12-15-27(21)28-16-14-25(33(34)35)19-22(28)2)24-13-17-30-32(20-24)37(26-8-4-3-5-9-26)31-11-7-6-10-29(31)36-30/h3-20,34-35H,1-2H3. The molecule has 5 heteroatoms. The fraction of sp³-hybridized carbons (Fsp3) is 0.0625. The molecule has 1 atom stereocenters. The van der Waals surface area contributed by atoms with Crippen LogP contribution in [0, 0.1) is 13.8 Å². The summed E-state index contributed by atoms with van der Waals surface area (Å²) < 4.78 is 6.34. The Kier molecular flexibility index (Phi) is 6.18. The molecule has 180 valence electrons. The summed E-state index contributed by atoms with van der Waals surface area (Å²) in [5.74, 6) is 1.86. The van der Waals surface area contributed by atoms with Gasteiger partial charge in [0.1, 0.15) is 11.5 Å². The Morgan fingerprint density at radius 3 is 1.95 bits per heavy atom. The Balaban J connectivity index is 1.41. The van der Waals surface area contributed by atoms with E-state index < -0.39 is 15.0 Å². The van der Waals surface area contributed by atoms with E-state index in [2.05, 4.69) is 91.9 Å². The van der Waals surface area contributed by atoms with Crippen LogP contribution in [-0.4, -0.2) is 17.2 Å². The van der Waals surface area contributed by atoms with Gasteiger partial charge in [0.25, 0.3) is 0 Å². The summed E-state index contributed by atoms with van der Waals surface area (Å²) in [5.41, 5.74) is 7.24. The minimum absolute atomic E-state index is 0.503. The first-order valence-electron chi connectivity index (χ1n) is 12.3. The summed E-state index contributed by atoms with van der Waals surface area (Å²) in [7, 11) is -2.19. The molecular formula is C32H26BO3P. The van der Waals surface area contributed by atoms with Crippen LogP contribution in [0.4, 0.5) is 0 Å². The van der Waals surface area contributed by atoms with Gasteiger partial charge in [-0.25, -0.2) is 0 Å². The number of para-hydroxylation sites is 1. The molecule has 0 saturated carbocycles. The van der Waals surface area contributed by atoms with Crippen molar-refractivity contribution in [3.63, 3.8) is 0 Å². The van der Waals surface area contributed by atoms with Gasteiger partial charge in [0.05, 0.1) is 0 Å². The lowest BCUT2D eigenvalue weighted by molar-refractivity contribution is 0.425. The van der Waals surface area contributed by atoms with Gasteiger partial charge in [0, 0.05) is 10.6 Å². The molecule has 0 aromatic heterocycles. The molecule has 0 fully saturated rings. The van der Waals surface area contributed by atoms with Crippen LogP contribution in [0.1, 0.15) is 11.1 Å². The molecule has 5 aromatic carbocycles. The third-order valence-corrected chi connectivity index (χ3v) is 9.44. The molecule has 0 amide bonds. The minimum Gasteiger partial charge on any atom is -0.456 e. The fourth-order valence-corrected chi connectivity index (χ4v) is 7.56. The highest BCUT2D eigenvalue weighted by Crippen LogP contribution is 2.45. The van der Waals surface area contributed by atoms with E-state index in [-0.39, 0.29) is 0 Å². The summed E-state index contributed by atoms with van der Waals surface area (Å²) in [4.78, 5) is 0. The van der Waals surface area contributed by atoms with E-state index in [4.69, 9.17) is 4.74 Å². The number of ether oxygens (including phenoxy) is 1. The molecule has 0 spiro atoms. The molecular weight excluding hydrogens is 474 g/mol. The van der Waals surface area contributed by atoms with Crippen molar-refractivity contribution in [3.05, 3.63) is 120 Å². The van der Waals surface area contributed by atoms with Gasteiger partial charge < -0.3 is 14.8 Å². The molecule has 1 heterocycles. The van der Waals surface area contributed by atoms with Crippen molar-refractivity contribution >= 4 is 36.4 Å². The third-order valence-electron chi connectivity index (χ3n) is 6.94. The van der Waals surface area contributed by atoms with Gasteiger partial charge >= 0.3 is 7.12 Å². The zero-order valence-electron chi connectivity index (χ0n) is 20.7. The van der Waals surface area contributed by atoms with Crippen molar-refractivity contribution in [2.75, 3.05) is 0 Å². The average molecular weight is 500 g/mol. The zero-order chi connectivity index (χ0) is 25.5. The van der Waals surface area contributed by atoms with E-state index in [1.807, 2.05) is 25.1 Å². The lowest BCUT2D eigenvalue weighted by atomic mass is 9.78. The van der Waals surface area contributed by atoms with Crippen molar-refractivity contribution < 1.29 is 14.8 Å². The van der Waals surface area contributed by atoms with E-state index >= 15 is 0 Å². The van der Waals surface area contributed by atoms with Gasteiger partial charge in [0.2, 0.25) is 0 Å². The van der Waals surface area contributed by atoms with Crippen LogP contribution in [0.25, 0.3) is 22.3 Å². The van der Waals surface area contributed by atoms with Gasteiger partial charge in [-0.1, -0.05) is 91.0 Å². The smallest absolute Gasteiger partial charge is 0.456 e. The molecule has 0 radical (unpaired) electrons. The predicted molar refractivity (Wildman–Crippen MR) is 155 cm³/mol. The highest BCUT2D eigenvalue weighted by Gasteiger charge is 2.28. The van der Waals surface area contributed by atoms with Crippen LogP contribution < -0.4 is 26.1 Å². The quantitative estimate of drug-likeness (QED) is 0.259. The molecule has 3 nitrogen and oxygen atoms in total. The first-order chi connectivity index (χ1) is 18.0. The second-order valence-corrected chi connectivity index (χ2v) is 11.6. The SMILES string of the molecule is Cc1cc(B(O)O)ccc1-c1ccc(-c2ccc3c(c2)P(c2ccccc2)c2ccccc2O3)cc1C. The molecule has 1 unspecified atom stereocenters. The normalized spacial score (nSPS) is 13.9. The molecule has 6 rings (SSSR count). The number of rotatable bonds is 4. The van der Waals surface area contributed by atoms with Gasteiger partial charge in [0.15, 0.2) is 0 Å². The summed E-state index contributed by atoms with van der Waals surface area (Å²) in [6.45, 7) is 4.13. The van der Waals surface area contributed by atoms with E-state index in [1.165, 1.54) is 21.5 Å². The van der Waals surface area contributed by atoms with Gasteiger partial charge in [-0.05, 0) is 84.1 Å². The summed E-state index contributed by atoms with van der Waals surface area (Å²) in [6, 6.07) is 37.7. The Hall–Kier alpha value is -3.69. The second-order valence-electron chi connectivity index (χ2n) is 9.40. The number of hydrogen-bond donors (Lipinski definition) is 2. The molecule has 5 aromatic rings. The zero-order valence-corrected chi connectivity index (χ0v) is 21.6. The maximum Gasteiger partial charge on any atom is 0.488 e. The van der Waals surface area contributed by atoms with Crippen LogP contribution in [0.3, 0.4) is 0 Å². The lowest BCUT2D eigenvalue weighted by Gasteiger charge is -2.29. The molecule has 0 saturated heterocycles. The van der Waals surface area contributed by atoms with Crippen LogP contribution in [0.2, 0.25) is 0 Å². The number of fused-ring (bicyclic) bond motifs is 2. The molecule has 1 aliphatic rings. The highest BCUT2D eigenvalue weighted by atomic mass is 31.1. The topological polar surface area (TPSA) is 49.7 Å². The number of benzene rings is 5. The van der Waals surface area contributed by atoms with Crippen LogP contribution in [0.15, 0.2) is 109 Å². The van der Waals surface area contributed by atoms with Crippen molar-refractivity contribution in [2.45, 2.75) is 13.8 Å². The molecule has 0 aliphatic carbocycles. The summed E-state index contributed by atoms with van der Waals surface area (Å²) in [5, 5.41) is 22.8. The Bertz CT molecular complexity index is 1610. The number of hydrogen-bond acceptors (Lipinski definition) is 3. The van der Waals surface area contributed by atoms with Crippen molar-refractivity contribution in [2.24, 2.45) is 0 Å². The Morgan fingerprint density at radius 1 is 0.595 bits per heavy atom. The predicted octanol–water partition coefficient (Wildman–Crippen LogP) is 5.18. The number of aryl methyl sites for hydroxylation is 2. The van der Waals surface area contributed by atoms with Crippen molar-refractivity contribution in [1.82, 2.24) is 0 Å². The van der Waals surface area contributed by atoms with Crippen LogP contribution >= 0.6 is 7.92 Å². The first-order valence-corrected chi connectivity index (χ1v) is 13.7. The van der Waals surface area contributed by atoms with E-state index in [9.17, 15) is 10.0 Å². The van der Waals surface area contributed by atoms with Gasteiger partial charge in [-0.2, -0.15) is 0 Å².